The van der Waals surface area contributed by atoms with Crippen LogP contribution in [0.2, 0.25) is 0 Å². The molecular weight excluding hydrogens is 465 g/mol. The zero-order valence-corrected chi connectivity index (χ0v) is 19.4. The molecule has 1 fully saturated rings. The number of benzene rings is 1. The van der Waals surface area contributed by atoms with Gasteiger partial charge in [-0.1, -0.05) is 24.6 Å². The van der Waals surface area contributed by atoms with E-state index in [0.717, 1.165) is 43.1 Å². The largest absolute Gasteiger partial charge is 0.444 e. The molecule has 0 aliphatic carbocycles. The maximum Gasteiger partial charge on any atom is 0.226 e. The van der Waals surface area contributed by atoms with Gasteiger partial charge in [0.15, 0.2) is 5.96 Å². The number of aliphatic imine (C=N–C) groups is 1. The topological polar surface area (TPSA) is 65.7 Å². The summed E-state index contributed by atoms with van der Waals surface area (Å²) in [7, 11) is 1.81. The molecule has 0 saturated carbocycles. The number of nitrogens with one attached hydrogen (secondary N) is 2. The zero-order chi connectivity index (χ0) is 19.1. The molecule has 0 spiro atoms. The summed E-state index contributed by atoms with van der Waals surface area (Å²) in [6.45, 7) is 8.42. The van der Waals surface area contributed by atoms with Crippen LogP contribution >= 0.6 is 24.0 Å². The van der Waals surface area contributed by atoms with E-state index in [1.165, 1.54) is 18.5 Å². The fourth-order valence-corrected chi connectivity index (χ4v) is 3.40. The molecular formula is C21H32IN5O. The Balaban J connectivity index is 0.00000280. The predicted octanol–water partition coefficient (Wildman–Crippen LogP) is 3.81. The first-order valence-electron chi connectivity index (χ1n) is 9.89. The summed E-state index contributed by atoms with van der Waals surface area (Å²) >= 11 is 0. The molecule has 7 heteroatoms. The minimum atomic E-state index is 0. The number of rotatable bonds is 6. The van der Waals surface area contributed by atoms with Gasteiger partial charge in [-0.15, -0.1) is 24.0 Å². The molecule has 1 saturated heterocycles. The fourth-order valence-electron chi connectivity index (χ4n) is 3.40. The highest BCUT2D eigenvalue weighted by Gasteiger charge is 2.19. The molecule has 2 aromatic rings. The number of halogens is 1. The smallest absolute Gasteiger partial charge is 0.226 e. The Bertz CT molecular complexity index is 736. The zero-order valence-electron chi connectivity index (χ0n) is 17.1. The van der Waals surface area contributed by atoms with E-state index in [-0.39, 0.29) is 24.0 Å². The number of aromatic nitrogens is 1. The minimum Gasteiger partial charge on any atom is -0.444 e. The number of oxazole rings is 1. The molecule has 6 nitrogen and oxygen atoms in total. The molecule has 154 valence electrons. The first-order valence-corrected chi connectivity index (χ1v) is 9.89. The third-order valence-electron chi connectivity index (χ3n) is 4.98. The monoisotopic (exact) mass is 497 g/mol. The minimum absolute atomic E-state index is 0. The van der Waals surface area contributed by atoms with Gasteiger partial charge in [-0.25, -0.2) is 4.98 Å². The summed E-state index contributed by atoms with van der Waals surface area (Å²) in [6.07, 6.45) is 5.24. The lowest BCUT2D eigenvalue weighted by atomic mass is 10.1. The van der Waals surface area contributed by atoms with Crippen molar-refractivity contribution in [3.05, 3.63) is 41.8 Å². The molecule has 0 atom stereocenters. The van der Waals surface area contributed by atoms with Crippen LogP contribution in [0.15, 0.2) is 39.9 Å². The number of hydrogen-bond acceptors (Lipinski definition) is 4. The summed E-state index contributed by atoms with van der Waals surface area (Å²) < 4.78 is 5.62. The van der Waals surface area contributed by atoms with Gasteiger partial charge in [0.2, 0.25) is 5.89 Å². The molecule has 1 aromatic carbocycles. The average Bonchev–Trinajstić information content (AvgIpc) is 3.16. The molecule has 2 heterocycles. The highest BCUT2D eigenvalue weighted by molar-refractivity contribution is 14.0. The number of aryl methyl sites for hydroxylation is 1. The highest BCUT2D eigenvalue weighted by Crippen LogP contribution is 2.19. The molecule has 1 aliphatic heterocycles. The Morgan fingerprint density at radius 3 is 2.61 bits per heavy atom. The standard InChI is InChI=1S/C21H31N5O.HI/c1-4-11-26-12-9-18(10-13-26)25-21(22-3)23-14-19-15-27-20(24-19)17-7-5-16(2)6-8-17;/h5-8,15,18H,4,9-14H2,1-3H3,(H2,22,23,25);1H. The van der Waals surface area contributed by atoms with E-state index in [2.05, 4.69) is 51.5 Å². The molecule has 1 aromatic heterocycles. The molecule has 0 radical (unpaired) electrons. The first-order chi connectivity index (χ1) is 13.2. The Kier molecular flexibility index (Phi) is 9.24. The van der Waals surface area contributed by atoms with E-state index < -0.39 is 0 Å². The number of hydrogen-bond donors (Lipinski definition) is 2. The van der Waals surface area contributed by atoms with Crippen LogP contribution in [0.4, 0.5) is 0 Å². The van der Waals surface area contributed by atoms with Gasteiger partial charge < -0.3 is 20.0 Å². The molecule has 2 N–H and O–H groups in total. The van der Waals surface area contributed by atoms with Crippen LogP contribution in [0.3, 0.4) is 0 Å². The van der Waals surface area contributed by atoms with Crippen LogP contribution < -0.4 is 10.6 Å². The lowest BCUT2D eigenvalue weighted by Crippen LogP contribution is -2.48. The second-order valence-corrected chi connectivity index (χ2v) is 7.20. The highest BCUT2D eigenvalue weighted by atomic mass is 127. The fraction of sp³-hybridized carbons (Fsp3) is 0.524. The number of likely N-dealkylation sites (tertiary alicyclic amines) is 1. The molecule has 0 bridgehead atoms. The molecule has 28 heavy (non-hydrogen) atoms. The second-order valence-electron chi connectivity index (χ2n) is 7.20. The van der Waals surface area contributed by atoms with Gasteiger partial charge >= 0.3 is 0 Å². The van der Waals surface area contributed by atoms with Crippen molar-refractivity contribution in [3.63, 3.8) is 0 Å². The van der Waals surface area contributed by atoms with E-state index >= 15 is 0 Å². The van der Waals surface area contributed by atoms with Crippen LogP contribution in [0.1, 0.15) is 37.4 Å². The third kappa shape index (κ3) is 6.48. The summed E-state index contributed by atoms with van der Waals surface area (Å²) in [5.74, 6) is 1.47. The van der Waals surface area contributed by atoms with E-state index in [4.69, 9.17) is 4.42 Å². The van der Waals surface area contributed by atoms with Crippen molar-refractivity contribution < 1.29 is 4.42 Å². The summed E-state index contributed by atoms with van der Waals surface area (Å²) in [5.41, 5.74) is 3.09. The Labute approximate surface area is 185 Å². The van der Waals surface area contributed by atoms with Crippen molar-refractivity contribution in [1.29, 1.82) is 0 Å². The average molecular weight is 497 g/mol. The van der Waals surface area contributed by atoms with E-state index in [0.29, 0.717) is 18.5 Å². The van der Waals surface area contributed by atoms with E-state index in [1.54, 1.807) is 6.26 Å². The third-order valence-corrected chi connectivity index (χ3v) is 4.98. The molecule has 0 amide bonds. The number of guanidine groups is 1. The van der Waals surface area contributed by atoms with Gasteiger partial charge in [0.05, 0.1) is 12.2 Å². The van der Waals surface area contributed by atoms with E-state index in [9.17, 15) is 0 Å². The van der Waals surface area contributed by atoms with Crippen molar-refractivity contribution >= 4 is 29.9 Å². The van der Waals surface area contributed by atoms with Crippen molar-refractivity contribution in [3.8, 4) is 11.5 Å². The Morgan fingerprint density at radius 2 is 1.96 bits per heavy atom. The predicted molar refractivity (Wildman–Crippen MR) is 125 cm³/mol. The van der Waals surface area contributed by atoms with Gasteiger partial charge in [0, 0.05) is 31.7 Å². The number of nitrogens with zero attached hydrogens (tertiary/aromatic N) is 3. The quantitative estimate of drug-likeness (QED) is 0.361. The maximum absolute atomic E-state index is 5.62. The summed E-state index contributed by atoms with van der Waals surface area (Å²) in [6, 6.07) is 8.67. The summed E-state index contributed by atoms with van der Waals surface area (Å²) in [5, 5.41) is 6.88. The lowest BCUT2D eigenvalue weighted by molar-refractivity contribution is 0.206. The summed E-state index contributed by atoms with van der Waals surface area (Å²) in [4.78, 5) is 11.5. The molecule has 3 rings (SSSR count). The van der Waals surface area contributed by atoms with Crippen LogP contribution in [0, 0.1) is 6.92 Å². The van der Waals surface area contributed by atoms with Gasteiger partial charge in [-0.05, 0) is 44.9 Å². The van der Waals surface area contributed by atoms with Crippen LogP contribution in [0.5, 0.6) is 0 Å². The second kappa shape index (κ2) is 11.4. The van der Waals surface area contributed by atoms with Crippen molar-refractivity contribution in [2.24, 2.45) is 4.99 Å². The van der Waals surface area contributed by atoms with Gasteiger partial charge in [-0.3, -0.25) is 4.99 Å². The van der Waals surface area contributed by atoms with Crippen molar-refractivity contribution in [2.75, 3.05) is 26.7 Å². The van der Waals surface area contributed by atoms with Crippen molar-refractivity contribution in [1.82, 2.24) is 20.5 Å². The van der Waals surface area contributed by atoms with E-state index in [1.807, 2.05) is 19.2 Å². The van der Waals surface area contributed by atoms with Gasteiger partial charge in [0.1, 0.15) is 6.26 Å². The lowest BCUT2D eigenvalue weighted by Gasteiger charge is -2.32. The van der Waals surface area contributed by atoms with Crippen LogP contribution in [-0.2, 0) is 6.54 Å². The van der Waals surface area contributed by atoms with Gasteiger partial charge in [-0.2, -0.15) is 0 Å². The Morgan fingerprint density at radius 1 is 1.25 bits per heavy atom. The normalized spacial score (nSPS) is 15.9. The Hall–Kier alpha value is -1.61. The first kappa shape index (κ1) is 22.7. The molecule has 0 unspecified atom stereocenters. The van der Waals surface area contributed by atoms with Crippen LogP contribution in [0.25, 0.3) is 11.5 Å². The van der Waals surface area contributed by atoms with Crippen LogP contribution in [-0.4, -0.2) is 48.6 Å². The SMILES string of the molecule is CCCN1CCC(NC(=NC)NCc2coc(-c3ccc(C)cc3)n2)CC1.I. The van der Waals surface area contributed by atoms with Gasteiger partial charge in [0.25, 0.3) is 0 Å². The number of piperidine rings is 1. The molecule has 1 aliphatic rings. The van der Waals surface area contributed by atoms with Crippen molar-refractivity contribution in [2.45, 2.75) is 45.7 Å². The maximum atomic E-state index is 5.62.